The second kappa shape index (κ2) is 5.49. The number of nitrogens with zero attached hydrogens (tertiary/aromatic N) is 2. The van der Waals surface area contributed by atoms with Gasteiger partial charge in [-0.05, 0) is 36.8 Å². The lowest BCUT2D eigenvalue weighted by Crippen LogP contribution is -2.22. The minimum atomic E-state index is -0.149. The van der Waals surface area contributed by atoms with E-state index in [4.69, 9.17) is 16.6 Å². The molecule has 0 spiro atoms. The van der Waals surface area contributed by atoms with Crippen molar-refractivity contribution in [1.29, 1.82) is 0 Å². The van der Waals surface area contributed by atoms with E-state index in [9.17, 15) is 4.79 Å². The van der Waals surface area contributed by atoms with E-state index in [1.165, 1.54) is 0 Å². The van der Waals surface area contributed by atoms with Crippen LogP contribution in [0, 0.1) is 4.84 Å². The van der Waals surface area contributed by atoms with Crippen LogP contribution in [-0.2, 0) is 6.54 Å². The van der Waals surface area contributed by atoms with E-state index in [1.807, 2.05) is 43.3 Å². The molecule has 0 aliphatic carbocycles. The van der Waals surface area contributed by atoms with Gasteiger partial charge in [-0.15, -0.1) is 5.10 Å². The molecule has 0 atom stereocenters. The minimum Gasteiger partial charge on any atom is -0.409 e. The largest absolute Gasteiger partial charge is 0.409 e. The lowest BCUT2D eigenvalue weighted by molar-refractivity contribution is 0.550. The van der Waals surface area contributed by atoms with Gasteiger partial charge in [0.15, 0.2) is 0 Å². The van der Waals surface area contributed by atoms with Crippen LogP contribution in [0.15, 0.2) is 51.7 Å². The first-order chi connectivity index (χ1) is 10.2. The van der Waals surface area contributed by atoms with Gasteiger partial charge in [-0.2, -0.15) is 0 Å². The molecule has 2 aromatic heterocycles. The highest BCUT2D eigenvalue weighted by molar-refractivity contribution is 7.71. The molecule has 0 aliphatic heterocycles. The molecule has 106 valence electrons. The molecule has 3 rings (SSSR count). The van der Waals surface area contributed by atoms with Crippen LogP contribution in [-0.4, -0.2) is 14.8 Å². The maximum absolute atomic E-state index is 12.6. The predicted octanol–water partition coefficient (Wildman–Crippen LogP) is 3.25. The van der Waals surface area contributed by atoms with Gasteiger partial charge in [-0.3, -0.25) is 4.79 Å². The van der Waals surface area contributed by atoms with Crippen molar-refractivity contribution in [2.45, 2.75) is 13.5 Å². The zero-order chi connectivity index (χ0) is 14.8. The highest BCUT2D eigenvalue weighted by Gasteiger charge is 2.14. The molecule has 5 nitrogen and oxygen atoms in total. The molecule has 1 aromatic carbocycles. The Hall–Kier alpha value is -2.47. The number of hydrogen-bond acceptors (Lipinski definition) is 4. The first-order valence-corrected chi connectivity index (χ1v) is 6.96. The quantitative estimate of drug-likeness (QED) is 0.754. The molecule has 3 aromatic rings. The predicted molar refractivity (Wildman–Crippen MR) is 82.5 cm³/mol. The van der Waals surface area contributed by atoms with Crippen molar-refractivity contribution >= 4 is 12.2 Å². The Morgan fingerprint density at radius 3 is 2.62 bits per heavy atom. The second-order valence-electron chi connectivity index (χ2n) is 4.47. The summed E-state index contributed by atoms with van der Waals surface area (Å²) in [4.78, 5) is 12.8. The smallest absolute Gasteiger partial charge is 0.284 e. The fourth-order valence-electron chi connectivity index (χ4n) is 2.26. The molecule has 1 N–H and O–H groups in total. The summed E-state index contributed by atoms with van der Waals surface area (Å²) >= 11 is 4.85. The fourth-order valence-corrected chi connectivity index (χ4v) is 2.39. The van der Waals surface area contributed by atoms with Gasteiger partial charge in [-0.25, -0.2) is 5.10 Å². The van der Waals surface area contributed by atoms with Crippen LogP contribution < -0.4 is 5.56 Å². The van der Waals surface area contributed by atoms with Crippen LogP contribution in [0.5, 0.6) is 0 Å². The summed E-state index contributed by atoms with van der Waals surface area (Å²) in [6, 6.07) is 13.4. The molecule has 0 unspecified atom stereocenters. The van der Waals surface area contributed by atoms with Crippen LogP contribution in [0.4, 0.5) is 0 Å². The van der Waals surface area contributed by atoms with Crippen molar-refractivity contribution in [3.05, 3.63) is 57.7 Å². The van der Waals surface area contributed by atoms with E-state index in [1.54, 1.807) is 10.6 Å². The second-order valence-corrected chi connectivity index (χ2v) is 4.84. The van der Waals surface area contributed by atoms with E-state index >= 15 is 0 Å². The number of nitrogens with one attached hydrogen (secondary N) is 1. The zero-order valence-electron chi connectivity index (χ0n) is 11.4. The Bertz CT molecular complexity index is 878. The molecule has 0 aliphatic rings. The molecule has 0 saturated carbocycles. The molecule has 0 fully saturated rings. The maximum atomic E-state index is 12.6. The number of benzene rings is 1. The number of aromatic amines is 1. The third-order valence-corrected chi connectivity index (χ3v) is 3.40. The van der Waals surface area contributed by atoms with E-state index in [0.717, 1.165) is 11.3 Å². The monoisotopic (exact) mass is 299 g/mol. The lowest BCUT2D eigenvalue weighted by Gasteiger charge is -2.11. The van der Waals surface area contributed by atoms with Crippen LogP contribution in [0.25, 0.3) is 22.7 Å². The first kappa shape index (κ1) is 13.5. The lowest BCUT2D eigenvalue weighted by atomic mass is 10.1. The van der Waals surface area contributed by atoms with Crippen LogP contribution in [0.1, 0.15) is 6.92 Å². The molecule has 0 amide bonds. The Morgan fingerprint density at radius 2 is 2.00 bits per heavy atom. The average molecular weight is 299 g/mol. The average Bonchev–Trinajstić information content (AvgIpc) is 2.94. The van der Waals surface area contributed by atoms with Crippen molar-refractivity contribution in [2.24, 2.45) is 0 Å². The van der Waals surface area contributed by atoms with E-state index < -0.39 is 0 Å². The topological polar surface area (TPSA) is 63.8 Å². The number of pyridine rings is 1. The Labute approximate surface area is 125 Å². The van der Waals surface area contributed by atoms with Crippen molar-refractivity contribution in [2.75, 3.05) is 0 Å². The van der Waals surface area contributed by atoms with Gasteiger partial charge in [0.2, 0.25) is 0 Å². The molecule has 6 heteroatoms. The van der Waals surface area contributed by atoms with Gasteiger partial charge < -0.3 is 8.98 Å². The fraction of sp³-hybridized carbons (Fsp3) is 0.133. The zero-order valence-corrected chi connectivity index (χ0v) is 12.2. The van der Waals surface area contributed by atoms with Gasteiger partial charge >= 0.3 is 0 Å². The van der Waals surface area contributed by atoms with Gasteiger partial charge in [0, 0.05) is 6.54 Å². The van der Waals surface area contributed by atoms with Gasteiger partial charge in [-0.1, -0.05) is 30.3 Å². The normalized spacial score (nSPS) is 10.7. The summed E-state index contributed by atoms with van der Waals surface area (Å²) in [6.07, 6.45) is 0. The Morgan fingerprint density at radius 1 is 1.24 bits per heavy atom. The number of rotatable bonds is 3. The molecular weight excluding hydrogens is 286 g/mol. The van der Waals surface area contributed by atoms with Crippen molar-refractivity contribution < 1.29 is 4.42 Å². The highest BCUT2D eigenvalue weighted by atomic mass is 32.1. The van der Waals surface area contributed by atoms with Crippen LogP contribution in [0.3, 0.4) is 0 Å². The van der Waals surface area contributed by atoms with E-state index in [2.05, 4.69) is 10.2 Å². The molecular formula is C15H13N3O2S. The highest BCUT2D eigenvalue weighted by Crippen LogP contribution is 2.20. The van der Waals surface area contributed by atoms with Gasteiger partial charge in [0.25, 0.3) is 16.3 Å². The molecule has 0 bridgehead atoms. The Kier molecular flexibility index (Phi) is 3.53. The first-order valence-electron chi connectivity index (χ1n) is 6.56. The maximum Gasteiger partial charge on any atom is 0.284 e. The summed E-state index contributed by atoms with van der Waals surface area (Å²) in [7, 11) is 0. The Balaban J connectivity index is 2.21. The summed E-state index contributed by atoms with van der Waals surface area (Å²) in [5.41, 5.74) is 2.10. The van der Waals surface area contributed by atoms with E-state index in [0.29, 0.717) is 12.1 Å². The molecule has 0 radical (unpaired) electrons. The van der Waals surface area contributed by atoms with Gasteiger partial charge in [0.05, 0.1) is 5.69 Å². The number of H-pyrrole nitrogens is 1. The molecule has 2 heterocycles. The standard InChI is InChI=1S/C15H13N3O2S/c1-2-18-12(10-6-4-3-5-7-10)9-8-11(14(18)19)13-16-17-15(21)20-13/h3-9H,2H2,1H3,(H,17,21). The van der Waals surface area contributed by atoms with Crippen LogP contribution in [0.2, 0.25) is 0 Å². The molecule has 0 saturated heterocycles. The minimum absolute atomic E-state index is 0.149. The summed E-state index contributed by atoms with van der Waals surface area (Å²) in [5.74, 6) is 0.215. The van der Waals surface area contributed by atoms with Crippen molar-refractivity contribution in [3.63, 3.8) is 0 Å². The van der Waals surface area contributed by atoms with Gasteiger partial charge in [0.1, 0.15) is 5.56 Å². The van der Waals surface area contributed by atoms with Crippen LogP contribution >= 0.6 is 12.2 Å². The third kappa shape index (κ3) is 2.45. The number of aromatic nitrogens is 3. The van der Waals surface area contributed by atoms with Crippen molar-refractivity contribution in [1.82, 2.24) is 14.8 Å². The summed E-state index contributed by atoms with van der Waals surface area (Å²) in [6.45, 7) is 2.49. The summed E-state index contributed by atoms with van der Waals surface area (Å²) in [5, 5.41) is 6.44. The number of hydrogen-bond donors (Lipinski definition) is 1. The SMILES string of the molecule is CCn1c(-c2ccccc2)ccc(-c2n[nH]c(=S)o2)c1=O. The van der Waals surface area contributed by atoms with E-state index in [-0.39, 0.29) is 16.3 Å². The molecule has 21 heavy (non-hydrogen) atoms. The summed E-state index contributed by atoms with van der Waals surface area (Å²) < 4.78 is 6.92. The van der Waals surface area contributed by atoms with Crippen molar-refractivity contribution in [3.8, 4) is 22.7 Å². The third-order valence-electron chi connectivity index (χ3n) is 3.23.